The third-order valence-corrected chi connectivity index (χ3v) is 5.13. The van der Waals surface area contributed by atoms with E-state index in [0.717, 1.165) is 46.8 Å². The summed E-state index contributed by atoms with van der Waals surface area (Å²) in [4.78, 5) is 15.2. The van der Waals surface area contributed by atoms with Crippen molar-refractivity contribution in [2.24, 2.45) is 5.10 Å². The SMILES string of the molecule is CCCc1ncc2n1N=C(c1ccc([N+](=O)[O-])cc1)c1cc3c(cc1C2)OCO3. The molecule has 3 heterocycles. The predicted octanol–water partition coefficient (Wildman–Crippen LogP) is 3.68. The van der Waals surface area contributed by atoms with Gasteiger partial charge in [0.25, 0.3) is 5.69 Å². The largest absolute Gasteiger partial charge is 0.454 e. The summed E-state index contributed by atoms with van der Waals surface area (Å²) in [5.41, 5.74) is 4.53. The van der Waals surface area contributed by atoms with Gasteiger partial charge in [0.15, 0.2) is 11.5 Å². The number of imidazole rings is 1. The number of nitro groups is 1. The molecule has 0 aliphatic carbocycles. The Labute approximate surface area is 166 Å². The lowest BCUT2D eigenvalue weighted by atomic mass is 9.94. The molecular formula is C21H18N4O4. The van der Waals surface area contributed by atoms with Gasteiger partial charge in [-0.1, -0.05) is 6.92 Å². The van der Waals surface area contributed by atoms with Crippen LogP contribution in [0.15, 0.2) is 47.7 Å². The zero-order valence-electron chi connectivity index (χ0n) is 15.8. The van der Waals surface area contributed by atoms with Crippen molar-refractivity contribution in [1.29, 1.82) is 0 Å². The third kappa shape index (κ3) is 2.93. The van der Waals surface area contributed by atoms with E-state index in [1.807, 2.05) is 23.0 Å². The molecular weight excluding hydrogens is 372 g/mol. The molecule has 2 aromatic carbocycles. The highest BCUT2D eigenvalue weighted by Gasteiger charge is 2.25. The highest BCUT2D eigenvalue weighted by molar-refractivity contribution is 6.14. The Morgan fingerprint density at radius 2 is 1.93 bits per heavy atom. The van der Waals surface area contributed by atoms with Gasteiger partial charge in [0.2, 0.25) is 6.79 Å². The van der Waals surface area contributed by atoms with Gasteiger partial charge >= 0.3 is 0 Å². The first-order chi connectivity index (χ1) is 14.1. The van der Waals surface area contributed by atoms with Crippen LogP contribution in [-0.2, 0) is 12.8 Å². The number of ether oxygens (including phenoxy) is 2. The molecule has 5 rings (SSSR count). The molecule has 0 N–H and O–H groups in total. The zero-order chi connectivity index (χ0) is 20.0. The Bertz CT molecular complexity index is 1150. The molecule has 0 atom stereocenters. The summed E-state index contributed by atoms with van der Waals surface area (Å²) in [6.45, 7) is 2.30. The molecule has 8 nitrogen and oxygen atoms in total. The molecule has 1 aromatic heterocycles. The van der Waals surface area contributed by atoms with E-state index in [1.54, 1.807) is 12.1 Å². The molecule has 29 heavy (non-hydrogen) atoms. The van der Waals surface area contributed by atoms with Gasteiger partial charge in [0.05, 0.1) is 22.5 Å². The fraction of sp³-hybridized carbons (Fsp3) is 0.238. The fourth-order valence-corrected chi connectivity index (χ4v) is 3.71. The van der Waals surface area contributed by atoms with Gasteiger partial charge in [-0.15, -0.1) is 0 Å². The minimum atomic E-state index is -0.405. The molecule has 0 amide bonds. The van der Waals surface area contributed by atoms with Crippen molar-refractivity contribution in [3.8, 4) is 11.5 Å². The Balaban J connectivity index is 1.71. The minimum Gasteiger partial charge on any atom is -0.454 e. The summed E-state index contributed by atoms with van der Waals surface area (Å²) >= 11 is 0. The number of aryl methyl sites for hydroxylation is 1. The first-order valence-corrected chi connectivity index (χ1v) is 9.46. The molecule has 0 bridgehead atoms. The number of hydrogen-bond donors (Lipinski definition) is 0. The maximum absolute atomic E-state index is 11.0. The summed E-state index contributed by atoms with van der Waals surface area (Å²) in [5, 5.41) is 16.0. The van der Waals surface area contributed by atoms with Crippen molar-refractivity contribution in [2.45, 2.75) is 26.2 Å². The van der Waals surface area contributed by atoms with Gasteiger partial charge in [-0.05, 0) is 36.2 Å². The van der Waals surface area contributed by atoms with Crippen molar-refractivity contribution in [3.05, 3.63) is 80.9 Å². The highest BCUT2D eigenvalue weighted by Crippen LogP contribution is 2.37. The summed E-state index contributed by atoms with van der Waals surface area (Å²) < 4.78 is 13.0. The average molecular weight is 390 g/mol. The topological polar surface area (TPSA) is 91.8 Å². The van der Waals surface area contributed by atoms with E-state index in [1.165, 1.54) is 12.1 Å². The Hall–Kier alpha value is -3.68. The van der Waals surface area contributed by atoms with Crippen LogP contribution in [0, 0.1) is 10.1 Å². The molecule has 3 aromatic rings. The maximum Gasteiger partial charge on any atom is 0.269 e. The Morgan fingerprint density at radius 1 is 1.17 bits per heavy atom. The van der Waals surface area contributed by atoms with E-state index in [4.69, 9.17) is 14.6 Å². The zero-order valence-corrected chi connectivity index (χ0v) is 15.8. The highest BCUT2D eigenvalue weighted by atomic mass is 16.7. The number of benzene rings is 2. The van der Waals surface area contributed by atoms with Crippen LogP contribution in [-0.4, -0.2) is 27.1 Å². The summed E-state index contributed by atoms with van der Waals surface area (Å²) in [5.74, 6) is 2.29. The predicted molar refractivity (Wildman–Crippen MR) is 106 cm³/mol. The monoisotopic (exact) mass is 390 g/mol. The number of rotatable bonds is 4. The van der Waals surface area contributed by atoms with Crippen LogP contribution in [0.4, 0.5) is 5.69 Å². The molecule has 0 fully saturated rings. The molecule has 2 aliphatic rings. The summed E-state index contributed by atoms with van der Waals surface area (Å²) in [7, 11) is 0. The fourth-order valence-electron chi connectivity index (χ4n) is 3.71. The standard InChI is InChI=1S/C21H18N4O4/c1-2-3-20-22-11-16-8-14-9-18-19(29-12-28-18)10-17(14)21(23-24(16)20)13-4-6-15(7-5-13)25(26)27/h4-7,9-11H,2-3,8,12H2,1H3. The van der Waals surface area contributed by atoms with E-state index >= 15 is 0 Å². The van der Waals surface area contributed by atoms with Gasteiger partial charge in [-0.2, -0.15) is 5.10 Å². The average Bonchev–Trinajstić information content (AvgIpc) is 3.29. The number of aromatic nitrogens is 2. The van der Waals surface area contributed by atoms with Crippen LogP contribution in [0.25, 0.3) is 0 Å². The van der Waals surface area contributed by atoms with E-state index in [9.17, 15) is 10.1 Å². The molecule has 0 radical (unpaired) electrons. The molecule has 0 spiro atoms. The van der Waals surface area contributed by atoms with Crippen LogP contribution < -0.4 is 9.47 Å². The van der Waals surface area contributed by atoms with Gasteiger partial charge < -0.3 is 9.47 Å². The number of nitro benzene ring substituents is 1. The second-order valence-corrected chi connectivity index (χ2v) is 7.02. The van der Waals surface area contributed by atoms with E-state index in [2.05, 4.69) is 11.9 Å². The Kier molecular flexibility index (Phi) is 4.04. The van der Waals surface area contributed by atoms with Crippen LogP contribution in [0.1, 0.15) is 41.6 Å². The van der Waals surface area contributed by atoms with E-state index < -0.39 is 4.92 Å². The summed E-state index contributed by atoms with van der Waals surface area (Å²) in [6.07, 6.45) is 4.29. The van der Waals surface area contributed by atoms with Gasteiger partial charge in [0.1, 0.15) is 5.82 Å². The smallest absolute Gasteiger partial charge is 0.269 e. The second kappa shape index (κ2) is 6.73. The van der Waals surface area contributed by atoms with Crippen LogP contribution in [0.2, 0.25) is 0 Å². The maximum atomic E-state index is 11.0. The Morgan fingerprint density at radius 3 is 2.66 bits per heavy atom. The quantitative estimate of drug-likeness (QED) is 0.392. The molecule has 0 unspecified atom stereocenters. The molecule has 0 saturated heterocycles. The lowest BCUT2D eigenvalue weighted by Gasteiger charge is -2.11. The van der Waals surface area contributed by atoms with Gasteiger partial charge in [-0.3, -0.25) is 10.1 Å². The lowest BCUT2D eigenvalue weighted by Crippen LogP contribution is -2.08. The number of nitrogens with zero attached hydrogens (tertiary/aromatic N) is 4. The van der Waals surface area contributed by atoms with Crippen molar-refractivity contribution >= 4 is 11.4 Å². The normalized spacial score (nSPS) is 14.0. The number of fused-ring (bicyclic) bond motifs is 3. The van der Waals surface area contributed by atoms with Crippen LogP contribution in [0.3, 0.4) is 0 Å². The molecule has 0 saturated carbocycles. The van der Waals surface area contributed by atoms with E-state index in [-0.39, 0.29) is 12.5 Å². The first-order valence-electron chi connectivity index (χ1n) is 9.46. The van der Waals surface area contributed by atoms with Gasteiger partial charge in [-0.25, -0.2) is 9.66 Å². The van der Waals surface area contributed by atoms with Crippen LogP contribution in [0.5, 0.6) is 11.5 Å². The molecule has 2 aliphatic heterocycles. The molecule has 146 valence electrons. The first kappa shape index (κ1) is 17.4. The van der Waals surface area contributed by atoms with Crippen molar-refractivity contribution < 1.29 is 14.4 Å². The number of hydrogen-bond acceptors (Lipinski definition) is 6. The summed E-state index contributed by atoms with van der Waals surface area (Å²) in [6, 6.07) is 10.4. The van der Waals surface area contributed by atoms with Gasteiger partial charge in [0, 0.05) is 36.1 Å². The minimum absolute atomic E-state index is 0.0453. The molecule has 8 heteroatoms. The van der Waals surface area contributed by atoms with Crippen molar-refractivity contribution in [2.75, 3.05) is 6.79 Å². The van der Waals surface area contributed by atoms with Crippen LogP contribution >= 0.6 is 0 Å². The van der Waals surface area contributed by atoms with Crippen molar-refractivity contribution in [3.63, 3.8) is 0 Å². The second-order valence-electron chi connectivity index (χ2n) is 7.02. The lowest BCUT2D eigenvalue weighted by molar-refractivity contribution is -0.384. The van der Waals surface area contributed by atoms with E-state index in [0.29, 0.717) is 17.9 Å². The van der Waals surface area contributed by atoms with Crippen molar-refractivity contribution in [1.82, 2.24) is 9.66 Å². The third-order valence-electron chi connectivity index (χ3n) is 5.13. The number of non-ortho nitro benzene ring substituents is 1.